The fraction of sp³-hybridized carbons (Fsp3) is 0.250. The van der Waals surface area contributed by atoms with Crippen LogP contribution in [-0.2, 0) is 19.0 Å². The molecule has 0 aliphatic heterocycles. The van der Waals surface area contributed by atoms with Gasteiger partial charge in [0.1, 0.15) is 5.75 Å². The van der Waals surface area contributed by atoms with E-state index in [1.807, 2.05) is 30.3 Å². The summed E-state index contributed by atoms with van der Waals surface area (Å²) in [5.41, 5.74) is 3.41. The third kappa shape index (κ3) is 4.14. The summed E-state index contributed by atoms with van der Waals surface area (Å²) in [4.78, 5) is 0. The lowest BCUT2D eigenvalue weighted by Gasteiger charge is -2.10. The van der Waals surface area contributed by atoms with Crippen LogP contribution in [0.3, 0.4) is 0 Å². The lowest BCUT2D eigenvalue weighted by atomic mass is 10.1. The molecule has 0 saturated carbocycles. The van der Waals surface area contributed by atoms with E-state index in [0.717, 1.165) is 23.4 Å². The van der Waals surface area contributed by atoms with E-state index in [9.17, 15) is 0 Å². The minimum Gasteiger partial charge on any atom is -0.496 e. The largest absolute Gasteiger partial charge is 0.496 e. The highest BCUT2D eigenvalue weighted by atomic mass is 35.5. The summed E-state index contributed by atoms with van der Waals surface area (Å²) in [6.45, 7) is 1.50. The molecule has 0 fully saturated rings. The molecule has 0 bridgehead atoms. The molecule has 1 N–H and O–H groups in total. The first-order chi connectivity index (χ1) is 9.72. The van der Waals surface area contributed by atoms with Crippen molar-refractivity contribution in [3.63, 3.8) is 0 Å². The Bertz CT molecular complexity index is 555. The zero-order chi connectivity index (χ0) is 14.4. The fourth-order valence-corrected chi connectivity index (χ4v) is 2.35. The molecular weight excluding hydrogens is 293 g/mol. The van der Waals surface area contributed by atoms with Gasteiger partial charge >= 0.3 is 0 Å². The molecule has 4 heteroatoms. The number of benzene rings is 2. The van der Waals surface area contributed by atoms with E-state index in [1.165, 1.54) is 5.56 Å². The molecule has 0 saturated heterocycles. The topological polar surface area (TPSA) is 21.3 Å². The molecule has 0 aliphatic carbocycles. The highest BCUT2D eigenvalue weighted by Crippen LogP contribution is 2.22. The first-order valence-corrected chi connectivity index (χ1v) is 7.31. The number of methoxy groups -OCH3 is 1. The summed E-state index contributed by atoms with van der Waals surface area (Å²) in [7, 11) is 1.66. The lowest BCUT2D eigenvalue weighted by molar-refractivity contribution is 0.407. The van der Waals surface area contributed by atoms with Crippen molar-refractivity contribution < 1.29 is 4.74 Å². The van der Waals surface area contributed by atoms with Crippen molar-refractivity contribution in [1.29, 1.82) is 0 Å². The SMILES string of the molecule is COc1ccc(Cl)cc1CNCc1ccc(CCl)cc1. The summed E-state index contributed by atoms with van der Waals surface area (Å²) < 4.78 is 5.32. The quantitative estimate of drug-likeness (QED) is 0.800. The van der Waals surface area contributed by atoms with Crippen LogP contribution in [0.1, 0.15) is 16.7 Å². The molecule has 20 heavy (non-hydrogen) atoms. The van der Waals surface area contributed by atoms with Gasteiger partial charge in [-0.3, -0.25) is 0 Å². The average Bonchev–Trinajstić information content (AvgIpc) is 2.48. The van der Waals surface area contributed by atoms with Gasteiger partial charge in [-0.2, -0.15) is 0 Å². The van der Waals surface area contributed by atoms with Gasteiger partial charge < -0.3 is 10.1 Å². The van der Waals surface area contributed by atoms with Crippen LogP contribution in [0.5, 0.6) is 5.75 Å². The van der Waals surface area contributed by atoms with Gasteiger partial charge in [-0.25, -0.2) is 0 Å². The van der Waals surface area contributed by atoms with Crippen LogP contribution in [-0.4, -0.2) is 7.11 Å². The summed E-state index contributed by atoms with van der Waals surface area (Å²) in [6.07, 6.45) is 0. The Balaban J connectivity index is 1.93. The summed E-state index contributed by atoms with van der Waals surface area (Å²) in [6, 6.07) is 13.9. The molecule has 0 spiro atoms. The van der Waals surface area contributed by atoms with Crippen LogP contribution < -0.4 is 10.1 Å². The van der Waals surface area contributed by atoms with Crippen molar-refractivity contribution in [2.45, 2.75) is 19.0 Å². The Morgan fingerprint density at radius 3 is 2.35 bits per heavy atom. The van der Waals surface area contributed by atoms with Crippen molar-refractivity contribution in [2.75, 3.05) is 7.11 Å². The Hall–Kier alpha value is -1.22. The van der Waals surface area contributed by atoms with Crippen molar-refractivity contribution in [3.05, 3.63) is 64.2 Å². The molecule has 0 radical (unpaired) electrons. The molecule has 0 atom stereocenters. The monoisotopic (exact) mass is 309 g/mol. The normalized spacial score (nSPS) is 10.6. The van der Waals surface area contributed by atoms with Gasteiger partial charge in [-0.05, 0) is 29.3 Å². The first kappa shape index (κ1) is 15.2. The van der Waals surface area contributed by atoms with Crippen molar-refractivity contribution in [2.24, 2.45) is 0 Å². The van der Waals surface area contributed by atoms with E-state index in [-0.39, 0.29) is 0 Å². The number of nitrogens with one attached hydrogen (secondary N) is 1. The van der Waals surface area contributed by atoms with Gasteiger partial charge in [0.05, 0.1) is 7.11 Å². The summed E-state index contributed by atoms with van der Waals surface area (Å²) in [5, 5.41) is 4.10. The Labute approximate surface area is 129 Å². The number of rotatable bonds is 6. The van der Waals surface area contributed by atoms with E-state index in [1.54, 1.807) is 7.11 Å². The van der Waals surface area contributed by atoms with E-state index in [2.05, 4.69) is 17.4 Å². The van der Waals surface area contributed by atoms with Gasteiger partial charge in [0.2, 0.25) is 0 Å². The smallest absolute Gasteiger partial charge is 0.123 e. The Morgan fingerprint density at radius 1 is 1.00 bits per heavy atom. The number of alkyl halides is 1. The maximum atomic E-state index is 6.01. The van der Waals surface area contributed by atoms with Crippen LogP contribution in [0.15, 0.2) is 42.5 Å². The highest BCUT2D eigenvalue weighted by molar-refractivity contribution is 6.30. The molecule has 2 aromatic carbocycles. The molecule has 0 heterocycles. The number of halogens is 2. The zero-order valence-corrected chi connectivity index (χ0v) is 12.8. The molecular formula is C16H17Cl2NO. The van der Waals surface area contributed by atoms with E-state index >= 15 is 0 Å². The number of ether oxygens (including phenoxy) is 1. The predicted molar refractivity (Wildman–Crippen MR) is 84.5 cm³/mol. The van der Waals surface area contributed by atoms with Gasteiger partial charge in [0, 0.05) is 29.6 Å². The van der Waals surface area contributed by atoms with Crippen molar-refractivity contribution in [1.82, 2.24) is 5.32 Å². The van der Waals surface area contributed by atoms with E-state index < -0.39 is 0 Å². The molecule has 2 rings (SSSR count). The highest BCUT2D eigenvalue weighted by Gasteiger charge is 2.03. The van der Waals surface area contributed by atoms with Crippen LogP contribution in [0.25, 0.3) is 0 Å². The summed E-state index contributed by atoms with van der Waals surface area (Å²) >= 11 is 11.8. The minimum atomic E-state index is 0.549. The second kappa shape index (κ2) is 7.53. The lowest BCUT2D eigenvalue weighted by Crippen LogP contribution is -2.13. The van der Waals surface area contributed by atoms with Gasteiger partial charge in [-0.1, -0.05) is 35.9 Å². The van der Waals surface area contributed by atoms with Crippen LogP contribution in [0, 0.1) is 0 Å². The molecule has 0 amide bonds. The second-order valence-electron chi connectivity index (χ2n) is 4.51. The molecule has 0 unspecified atom stereocenters. The predicted octanol–water partition coefficient (Wildman–Crippen LogP) is 4.38. The summed E-state index contributed by atoms with van der Waals surface area (Å²) in [5.74, 6) is 1.40. The van der Waals surface area contributed by atoms with E-state index in [4.69, 9.17) is 27.9 Å². The zero-order valence-electron chi connectivity index (χ0n) is 11.3. The molecule has 0 aromatic heterocycles. The maximum Gasteiger partial charge on any atom is 0.123 e. The number of hydrogen-bond acceptors (Lipinski definition) is 2. The Morgan fingerprint density at radius 2 is 1.70 bits per heavy atom. The van der Waals surface area contributed by atoms with Gasteiger partial charge in [0.25, 0.3) is 0 Å². The van der Waals surface area contributed by atoms with Crippen molar-refractivity contribution in [3.8, 4) is 5.75 Å². The average molecular weight is 310 g/mol. The third-order valence-electron chi connectivity index (χ3n) is 3.06. The maximum absolute atomic E-state index is 6.01. The minimum absolute atomic E-state index is 0.549. The molecule has 2 aromatic rings. The molecule has 2 nitrogen and oxygen atoms in total. The van der Waals surface area contributed by atoms with Crippen LogP contribution in [0.2, 0.25) is 5.02 Å². The van der Waals surface area contributed by atoms with Crippen molar-refractivity contribution >= 4 is 23.2 Å². The standard InChI is InChI=1S/C16H17Cl2NO/c1-20-16-7-6-15(18)8-14(16)11-19-10-13-4-2-12(9-17)3-5-13/h2-8,19H,9-11H2,1H3. The molecule has 106 valence electrons. The second-order valence-corrected chi connectivity index (χ2v) is 5.21. The Kier molecular flexibility index (Phi) is 5.72. The van der Waals surface area contributed by atoms with Crippen LogP contribution in [0.4, 0.5) is 0 Å². The molecule has 0 aliphatic rings. The van der Waals surface area contributed by atoms with Gasteiger partial charge in [0.15, 0.2) is 0 Å². The fourth-order valence-electron chi connectivity index (χ4n) is 1.97. The number of hydrogen-bond donors (Lipinski definition) is 1. The van der Waals surface area contributed by atoms with E-state index in [0.29, 0.717) is 17.4 Å². The first-order valence-electron chi connectivity index (χ1n) is 6.40. The third-order valence-corrected chi connectivity index (χ3v) is 3.61. The van der Waals surface area contributed by atoms with Gasteiger partial charge in [-0.15, -0.1) is 11.6 Å². The van der Waals surface area contributed by atoms with Crippen LogP contribution >= 0.6 is 23.2 Å².